The molecule has 3 nitrogen and oxygen atoms in total. The van der Waals surface area contributed by atoms with Crippen LogP contribution in [-0.4, -0.2) is 35.1 Å². The Morgan fingerprint density at radius 2 is 2.20 bits per heavy atom. The summed E-state index contributed by atoms with van der Waals surface area (Å²) in [6, 6.07) is 3.49. The van der Waals surface area contributed by atoms with Gasteiger partial charge in [-0.3, -0.25) is 4.90 Å². The second kappa shape index (κ2) is 3.91. The van der Waals surface area contributed by atoms with Gasteiger partial charge in [0.2, 0.25) is 0 Å². The fourth-order valence-electron chi connectivity index (χ4n) is 2.02. The molecule has 5 heteroatoms. The number of alkyl halides is 1. The Hall–Kier alpha value is -0.350. The number of likely N-dealkylation sites (tertiary alicyclic amines) is 1. The summed E-state index contributed by atoms with van der Waals surface area (Å²) in [6.07, 6.45) is 0. The number of β-amino-alcohol motifs (C(OH)–C–C–N with tert-alkyl or cyclic N) is 1. The SMILES string of the molecule is CN1CC(O)(c2ccc(Cl)nc2CCl)C1. The predicted octanol–water partition coefficient (Wildman–Crippen LogP) is 1.61. The first kappa shape index (κ1) is 11.1. The largest absolute Gasteiger partial charge is 0.382 e. The van der Waals surface area contributed by atoms with Gasteiger partial charge >= 0.3 is 0 Å². The minimum absolute atomic E-state index is 0.266. The van der Waals surface area contributed by atoms with E-state index in [1.54, 1.807) is 12.1 Å². The molecule has 15 heavy (non-hydrogen) atoms. The van der Waals surface area contributed by atoms with Crippen molar-refractivity contribution in [2.45, 2.75) is 11.5 Å². The van der Waals surface area contributed by atoms with Crippen molar-refractivity contribution in [3.8, 4) is 0 Å². The minimum atomic E-state index is -0.809. The van der Waals surface area contributed by atoms with Crippen molar-refractivity contribution < 1.29 is 5.11 Å². The number of aromatic nitrogens is 1. The maximum Gasteiger partial charge on any atom is 0.129 e. The van der Waals surface area contributed by atoms with Crippen molar-refractivity contribution in [1.29, 1.82) is 0 Å². The highest BCUT2D eigenvalue weighted by atomic mass is 35.5. The van der Waals surface area contributed by atoms with E-state index in [4.69, 9.17) is 23.2 Å². The molecule has 0 spiro atoms. The maximum atomic E-state index is 10.3. The van der Waals surface area contributed by atoms with Crippen LogP contribution in [0.25, 0.3) is 0 Å². The predicted molar refractivity (Wildman–Crippen MR) is 60.2 cm³/mol. The van der Waals surface area contributed by atoms with Gasteiger partial charge in [-0.25, -0.2) is 4.98 Å². The van der Waals surface area contributed by atoms with Gasteiger partial charge in [-0.15, -0.1) is 11.6 Å². The normalized spacial score (nSPS) is 20.0. The lowest BCUT2D eigenvalue weighted by Crippen LogP contribution is -2.57. The molecule has 1 N–H and O–H groups in total. The number of pyridine rings is 1. The topological polar surface area (TPSA) is 36.4 Å². The molecule has 0 atom stereocenters. The van der Waals surface area contributed by atoms with Crippen LogP contribution in [-0.2, 0) is 11.5 Å². The highest BCUT2D eigenvalue weighted by Gasteiger charge is 2.42. The van der Waals surface area contributed by atoms with Crippen molar-refractivity contribution in [1.82, 2.24) is 9.88 Å². The third kappa shape index (κ3) is 1.97. The molecule has 1 aromatic rings. The summed E-state index contributed by atoms with van der Waals surface area (Å²) in [5, 5.41) is 10.7. The van der Waals surface area contributed by atoms with Crippen LogP contribution in [0.4, 0.5) is 0 Å². The first-order chi connectivity index (χ1) is 7.05. The zero-order valence-electron chi connectivity index (χ0n) is 8.37. The van der Waals surface area contributed by atoms with Gasteiger partial charge in [0.1, 0.15) is 10.8 Å². The van der Waals surface area contributed by atoms with Crippen LogP contribution >= 0.6 is 23.2 Å². The Balaban J connectivity index is 2.36. The van der Waals surface area contributed by atoms with Crippen molar-refractivity contribution in [3.05, 3.63) is 28.5 Å². The van der Waals surface area contributed by atoms with E-state index in [-0.39, 0.29) is 5.88 Å². The maximum absolute atomic E-state index is 10.3. The quantitative estimate of drug-likeness (QED) is 0.637. The molecule has 0 unspecified atom stereocenters. The van der Waals surface area contributed by atoms with Crippen LogP contribution in [0.3, 0.4) is 0 Å². The number of hydrogen-bond acceptors (Lipinski definition) is 3. The zero-order chi connectivity index (χ0) is 11.1. The molecule has 1 saturated heterocycles. The molecule has 1 aromatic heterocycles. The van der Waals surface area contributed by atoms with Gasteiger partial charge in [0.05, 0.1) is 11.6 Å². The summed E-state index contributed by atoms with van der Waals surface area (Å²) in [5.74, 6) is 0.266. The van der Waals surface area contributed by atoms with E-state index in [1.807, 2.05) is 11.9 Å². The van der Waals surface area contributed by atoms with Crippen LogP contribution in [0.2, 0.25) is 5.15 Å². The molecule has 0 bridgehead atoms. The van der Waals surface area contributed by atoms with E-state index in [2.05, 4.69) is 4.98 Å². The van der Waals surface area contributed by atoms with E-state index in [9.17, 15) is 5.11 Å². The summed E-state index contributed by atoms with van der Waals surface area (Å²) in [4.78, 5) is 6.15. The van der Waals surface area contributed by atoms with E-state index in [0.29, 0.717) is 23.9 Å². The van der Waals surface area contributed by atoms with Gasteiger partial charge in [-0.2, -0.15) is 0 Å². The third-order valence-electron chi connectivity index (χ3n) is 2.63. The second-order valence-corrected chi connectivity index (χ2v) is 4.62. The summed E-state index contributed by atoms with van der Waals surface area (Å²) in [6.45, 7) is 1.22. The zero-order valence-corrected chi connectivity index (χ0v) is 9.89. The number of halogens is 2. The lowest BCUT2D eigenvalue weighted by atomic mass is 9.86. The Labute approximate surface area is 98.6 Å². The third-order valence-corrected chi connectivity index (χ3v) is 3.09. The van der Waals surface area contributed by atoms with Crippen LogP contribution in [0, 0.1) is 0 Å². The van der Waals surface area contributed by atoms with E-state index in [1.165, 1.54) is 0 Å². The first-order valence-corrected chi connectivity index (χ1v) is 5.59. The van der Waals surface area contributed by atoms with E-state index < -0.39 is 5.60 Å². The molecule has 0 amide bonds. The average molecular weight is 247 g/mol. The van der Waals surface area contributed by atoms with Crippen molar-refractivity contribution in [2.75, 3.05) is 20.1 Å². The lowest BCUT2D eigenvalue weighted by molar-refractivity contribution is -0.0925. The molecule has 82 valence electrons. The standard InChI is InChI=1S/C10H12Cl2N2O/c1-14-5-10(15,6-14)7-2-3-9(12)13-8(7)4-11/h2-3,15H,4-6H2,1H3. The van der Waals surface area contributed by atoms with Crippen molar-refractivity contribution >= 4 is 23.2 Å². The fourth-order valence-corrected chi connectivity index (χ4v) is 2.39. The fraction of sp³-hybridized carbons (Fsp3) is 0.500. The van der Waals surface area contributed by atoms with Gasteiger partial charge in [-0.05, 0) is 13.1 Å². The smallest absolute Gasteiger partial charge is 0.129 e. The number of rotatable bonds is 2. The van der Waals surface area contributed by atoms with Crippen LogP contribution in [0.5, 0.6) is 0 Å². The molecule has 0 radical (unpaired) electrons. The number of hydrogen-bond donors (Lipinski definition) is 1. The van der Waals surface area contributed by atoms with Crippen LogP contribution in [0.15, 0.2) is 12.1 Å². The Morgan fingerprint density at radius 1 is 1.53 bits per heavy atom. The van der Waals surface area contributed by atoms with Crippen molar-refractivity contribution in [2.24, 2.45) is 0 Å². The Bertz CT molecular complexity index is 378. The summed E-state index contributed by atoms with van der Waals surface area (Å²) in [7, 11) is 1.96. The van der Waals surface area contributed by atoms with Crippen molar-refractivity contribution in [3.63, 3.8) is 0 Å². The van der Waals surface area contributed by atoms with Gasteiger partial charge in [0.15, 0.2) is 0 Å². The molecular weight excluding hydrogens is 235 g/mol. The molecule has 0 saturated carbocycles. The van der Waals surface area contributed by atoms with Gasteiger partial charge < -0.3 is 5.11 Å². The molecule has 1 aliphatic rings. The molecule has 0 aromatic carbocycles. The highest BCUT2D eigenvalue weighted by molar-refractivity contribution is 6.29. The molecule has 1 fully saturated rings. The second-order valence-electron chi connectivity index (χ2n) is 3.97. The number of likely N-dealkylation sites (N-methyl/N-ethyl adjacent to an activating group) is 1. The number of nitrogens with zero attached hydrogens (tertiary/aromatic N) is 2. The Morgan fingerprint density at radius 3 is 2.73 bits per heavy atom. The number of aliphatic hydroxyl groups is 1. The molecule has 2 rings (SSSR count). The van der Waals surface area contributed by atoms with Crippen LogP contribution in [0.1, 0.15) is 11.3 Å². The summed E-state index contributed by atoms with van der Waals surface area (Å²) >= 11 is 11.6. The molecule has 2 heterocycles. The van der Waals surface area contributed by atoms with Gasteiger partial charge in [-0.1, -0.05) is 17.7 Å². The molecule has 0 aliphatic carbocycles. The van der Waals surface area contributed by atoms with Gasteiger partial charge in [0, 0.05) is 18.7 Å². The lowest BCUT2D eigenvalue weighted by Gasteiger charge is -2.45. The van der Waals surface area contributed by atoms with Crippen LogP contribution < -0.4 is 0 Å². The summed E-state index contributed by atoms with van der Waals surface area (Å²) in [5.41, 5.74) is 0.649. The Kier molecular flexibility index (Phi) is 2.90. The highest BCUT2D eigenvalue weighted by Crippen LogP contribution is 2.33. The van der Waals surface area contributed by atoms with E-state index in [0.717, 1.165) is 5.56 Å². The summed E-state index contributed by atoms with van der Waals surface area (Å²) < 4.78 is 0. The van der Waals surface area contributed by atoms with E-state index >= 15 is 0 Å². The molecule has 1 aliphatic heterocycles. The van der Waals surface area contributed by atoms with Gasteiger partial charge in [0.25, 0.3) is 0 Å². The average Bonchev–Trinajstić information content (AvgIpc) is 2.15. The molecular formula is C10H12Cl2N2O. The monoisotopic (exact) mass is 246 g/mol. The minimum Gasteiger partial charge on any atom is -0.382 e. The first-order valence-electron chi connectivity index (χ1n) is 4.68.